The molecular formula is C27H30N4O4S. The zero-order valence-corrected chi connectivity index (χ0v) is 21.6. The van der Waals surface area contributed by atoms with Gasteiger partial charge in [-0.05, 0) is 85.5 Å². The Kier molecular flexibility index (Phi) is 8.56. The van der Waals surface area contributed by atoms with Gasteiger partial charge < -0.3 is 14.2 Å². The fourth-order valence-corrected chi connectivity index (χ4v) is 4.50. The van der Waals surface area contributed by atoms with Crippen LogP contribution in [0.1, 0.15) is 36.5 Å². The van der Waals surface area contributed by atoms with Crippen molar-refractivity contribution in [2.75, 3.05) is 26.4 Å². The van der Waals surface area contributed by atoms with Gasteiger partial charge in [-0.25, -0.2) is 0 Å². The van der Waals surface area contributed by atoms with Crippen molar-refractivity contribution in [3.63, 3.8) is 0 Å². The first kappa shape index (κ1) is 25.7. The van der Waals surface area contributed by atoms with Crippen LogP contribution < -0.4 is 9.47 Å². The molecule has 2 aromatic carbocycles. The minimum Gasteiger partial charge on any atom is -0.491 e. The molecule has 8 nitrogen and oxygen atoms in total. The molecule has 0 radical (unpaired) electrons. The number of aliphatic imine (C=N–C) groups is 1. The Labute approximate surface area is 215 Å². The molecule has 4 rings (SSSR count). The highest BCUT2D eigenvalue weighted by Crippen LogP contribution is 2.30. The van der Waals surface area contributed by atoms with Crippen LogP contribution >= 0.6 is 11.8 Å². The molecule has 2 aromatic rings. The highest BCUT2D eigenvalue weighted by atomic mass is 32.2. The predicted octanol–water partition coefficient (Wildman–Crippen LogP) is 5.20. The van der Waals surface area contributed by atoms with E-state index in [0.29, 0.717) is 37.3 Å². The molecule has 2 heterocycles. The minimum atomic E-state index is -0.425. The van der Waals surface area contributed by atoms with Gasteiger partial charge in [0.1, 0.15) is 29.8 Å². The molecule has 0 saturated heterocycles. The Morgan fingerprint density at radius 2 is 1.67 bits per heavy atom. The van der Waals surface area contributed by atoms with E-state index in [1.807, 2.05) is 42.5 Å². The van der Waals surface area contributed by atoms with Crippen LogP contribution in [-0.2, 0) is 9.53 Å². The first-order chi connectivity index (χ1) is 17.4. The largest absolute Gasteiger partial charge is 0.491 e. The smallest absolute Gasteiger partial charge is 0.283 e. The molecule has 0 fully saturated rings. The number of ether oxygens (including phenoxy) is 3. The van der Waals surface area contributed by atoms with Gasteiger partial charge in [-0.1, -0.05) is 25.1 Å². The number of aryl methyl sites for hydroxylation is 2. The highest BCUT2D eigenvalue weighted by Gasteiger charge is 2.35. The van der Waals surface area contributed by atoms with Gasteiger partial charge in [-0.3, -0.25) is 10.2 Å². The lowest BCUT2D eigenvalue weighted by atomic mass is 10.1. The molecule has 0 bridgehead atoms. The van der Waals surface area contributed by atoms with E-state index >= 15 is 0 Å². The first-order valence-electron chi connectivity index (χ1n) is 11.9. The Hall–Kier alpha value is -3.43. The second kappa shape index (κ2) is 12.0. The average Bonchev–Trinajstić information content (AvgIpc) is 3.27. The van der Waals surface area contributed by atoms with Crippen molar-refractivity contribution < 1.29 is 19.0 Å². The van der Waals surface area contributed by atoms with Crippen LogP contribution in [0, 0.1) is 19.3 Å². The summed E-state index contributed by atoms with van der Waals surface area (Å²) in [6, 6.07) is 13.4. The molecule has 0 unspecified atom stereocenters. The molecular weight excluding hydrogens is 476 g/mol. The number of benzene rings is 2. The molecule has 0 aliphatic carbocycles. The number of carbonyl (C=O) groups is 1. The van der Waals surface area contributed by atoms with E-state index in [0.717, 1.165) is 29.2 Å². The fourth-order valence-electron chi connectivity index (χ4n) is 3.52. The molecule has 36 heavy (non-hydrogen) atoms. The molecule has 2 aliphatic rings. The van der Waals surface area contributed by atoms with Gasteiger partial charge in [-0.15, -0.1) is 0 Å². The summed E-state index contributed by atoms with van der Waals surface area (Å²) < 4.78 is 17.0. The van der Waals surface area contributed by atoms with E-state index in [1.165, 1.54) is 27.9 Å². The molecule has 1 N–H and O–H groups in total. The van der Waals surface area contributed by atoms with Crippen molar-refractivity contribution in [1.82, 2.24) is 5.01 Å². The third kappa shape index (κ3) is 6.41. The second-order valence-corrected chi connectivity index (χ2v) is 9.43. The van der Waals surface area contributed by atoms with Crippen molar-refractivity contribution in [3.05, 3.63) is 64.7 Å². The molecule has 0 aromatic heterocycles. The van der Waals surface area contributed by atoms with Crippen LogP contribution in [-0.4, -0.2) is 53.4 Å². The number of hydrogen-bond donors (Lipinski definition) is 1. The number of carbonyl (C=O) groups excluding carboxylic acids is 1. The zero-order valence-electron chi connectivity index (χ0n) is 20.7. The van der Waals surface area contributed by atoms with Crippen LogP contribution in [0.3, 0.4) is 0 Å². The number of hydrogen-bond acceptors (Lipinski definition) is 7. The number of nitrogens with one attached hydrogen (secondary N) is 1. The van der Waals surface area contributed by atoms with Gasteiger partial charge in [0.05, 0.1) is 18.8 Å². The third-order valence-electron chi connectivity index (χ3n) is 5.62. The summed E-state index contributed by atoms with van der Waals surface area (Å²) in [5.74, 6) is 1.16. The Balaban J connectivity index is 1.21. The van der Waals surface area contributed by atoms with Crippen molar-refractivity contribution in [3.8, 4) is 11.5 Å². The van der Waals surface area contributed by atoms with Gasteiger partial charge in [0.15, 0.2) is 5.84 Å². The molecule has 0 spiro atoms. The number of amides is 1. The zero-order chi connectivity index (χ0) is 25.5. The van der Waals surface area contributed by atoms with E-state index in [4.69, 9.17) is 19.6 Å². The van der Waals surface area contributed by atoms with Crippen LogP contribution in [0.4, 0.5) is 0 Å². The number of thioether (sulfide) groups is 1. The lowest BCUT2D eigenvalue weighted by Gasteiger charge is -2.20. The van der Waals surface area contributed by atoms with Gasteiger partial charge in [0, 0.05) is 0 Å². The maximum atomic E-state index is 12.5. The third-order valence-corrected chi connectivity index (χ3v) is 6.59. The SMILES string of the molecule is CCCC1=NN2C(=N)/C(=C/c3ccc(OCCOCCOc4ccc(C)c(C)c4)cc3)C(=O)N=C2S1. The van der Waals surface area contributed by atoms with Gasteiger partial charge in [0.25, 0.3) is 5.91 Å². The van der Waals surface area contributed by atoms with Crippen molar-refractivity contribution >= 4 is 39.8 Å². The lowest BCUT2D eigenvalue weighted by Crippen LogP contribution is -2.35. The van der Waals surface area contributed by atoms with Crippen LogP contribution in [0.2, 0.25) is 0 Å². The van der Waals surface area contributed by atoms with Crippen LogP contribution in [0.5, 0.6) is 11.5 Å². The molecule has 188 valence electrons. The van der Waals surface area contributed by atoms with E-state index in [-0.39, 0.29) is 11.4 Å². The summed E-state index contributed by atoms with van der Waals surface area (Å²) in [7, 11) is 0. The maximum absolute atomic E-state index is 12.5. The predicted molar refractivity (Wildman–Crippen MR) is 144 cm³/mol. The average molecular weight is 507 g/mol. The number of amidine groups is 2. The van der Waals surface area contributed by atoms with Crippen LogP contribution in [0.25, 0.3) is 6.08 Å². The van der Waals surface area contributed by atoms with Crippen molar-refractivity contribution in [2.45, 2.75) is 33.6 Å². The maximum Gasteiger partial charge on any atom is 0.283 e. The minimum absolute atomic E-state index is 0.0440. The summed E-state index contributed by atoms with van der Waals surface area (Å²) >= 11 is 1.35. The quantitative estimate of drug-likeness (QED) is 0.333. The van der Waals surface area contributed by atoms with Gasteiger partial charge >= 0.3 is 0 Å². The lowest BCUT2D eigenvalue weighted by molar-refractivity contribution is -0.114. The van der Waals surface area contributed by atoms with E-state index in [2.05, 4.69) is 30.9 Å². The van der Waals surface area contributed by atoms with Gasteiger partial charge in [-0.2, -0.15) is 15.1 Å². The Morgan fingerprint density at radius 3 is 2.36 bits per heavy atom. The summed E-state index contributed by atoms with van der Waals surface area (Å²) in [4.78, 5) is 16.6. The topological polar surface area (TPSA) is 96.6 Å². The Morgan fingerprint density at radius 1 is 0.972 bits per heavy atom. The summed E-state index contributed by atoms with van der Waals surface area (Å²) in [6.07, 6.45) is 3.40. The van der Waals surface area contributed by atoms with E-state index < -0.39 is 5.91 Å². The monoisotopic (exact) mass is 506 g/mol. The summed E-state index contributed by atoms with van der Waals surface area (Å²) in [5, 5.41) is 15.6. The first-order valence-corrected chi connectivity index (χ1v) is 12.8. The Bertz CT molecular complexity index is 1220. The summed E-state index contributed by atoms with van der Waals surface area (Å²) in [5.41, 5.74) is 3.44. The fraction of sp³-hybridized carbons (Fsp3) is 0.333. The molecule has 0 atom stereocenters. The molecule has 9 heteroatoms. The molecule has 0 saturated carbocycles. The number of fused-ring (bicyclic) bond motifs is 1. The second-order valence-electron chi connectivity index (χ2n) is 8.39. The number of hydrazone groups is 1. The normalized spacial score (nSPS) is 16.2. The summed E-state index contributed by atoms with van der Waals surface area (Å²) in [6.45, 7) is 8.02. The van der Waals surface area contributed by atoms with Gasteiger partial charge in [0.2, 0.25) is 5.17 Å². The van der Waals surface area contributed by atoms with Crippen molar-refractivity contribution in [1.29, 1.82) is 5.41 Å². The molecule has 2 aliphatic heterocycles. The highest BCUT2D eigenvalue weighted by molar-refractivity contribution is 8.26. The molecule has 1 amide bonds. The number of nitrogens with zero attached hydrogens (tertiary/aromatic N) is 3. The standard InChI is InChI=1S/C27H30N4O4S/c1-4-5-24-30-31-25(28)23(26(32)29-27(31)36-24)17-20-7-10-21(11-8-20)34-14-12-33-13-15-35-22-9-6-18(2)19(3)16-22/h6-11,16-17,28H,4-5,12-15H2,1-3H3/b23-17-,28-25?. The van der Waals surface area contributed by atoms with Crippen LogP contribution in [0.15, 0.2) is 58.1 Å². The number of rotatable bonds is 11. The van der Waals surface area contributed by atoms with E-state index in [9.17, 15) is 4.79 Å². The van der Waals surface area contributed by atoms with Crippen molar-refractivity contribution in [2.24, 2.45) is 10.1 Å². The van der Waals surface area contributed by atoms with E-state index in [1.54, 1.807) is 6.08 Å².